The highest BCUT2D eigenvalue weighted by atomic mass is 35.5. The Kier molecular flexibility index (Phi) is 7.34. The van der Waals surface area contributed by atoms with Gasteiger partial charge in [0.2, 0.25) is 5.91 Å². The Labute approximate surface area is 175 Å². The van der Waals surface area contributed by atoms with E-state index in [2.05, 4.69) is 10.2 Å². The molecule has 1 N–H and O–H groups in total. The van der Waals surface area contributed by atoms with Crippen molar-refractivity contribution in [2.45, 2.75) is 12.8 Å². The smallest absolute Gasteiger partial charge is 0.224 e. The topological polar surface area (TPSA) is 50.8 Å². The van der Waals surface area contributed by atoms with Crippen LogP contribution in [0.3, 0.4) is 0 Å². The number of carbonyl (C=O) groups excluding carboxylic acids is 1. The van der Waals surface area contributed by atoms with Crippen LogP contribution in [0.25, 0.3) is 0 Å². The summed E-state index contributed by atoms with van der Waals surface area (Å²) in [6.45, 7) is 2.00. The molecule has 0 aliphatic carbocycles. The molecule has 1 amide bonds. The zero-order valence-corrected chi connectivity index (χ0v) is 17.7. The first-order chi connectivity index (χ1) is 13.6. The number of anilines is 2. The Hall–Kier alpha value is -2.05. The lowest BCUT2D eigenvalue weighted by molar-refractivity contribution is -0.116. The summed E-state index contributed by atoms with van der Waals surface area (Å²) in [7, 11) is 3.20. The number of para-hydroxylation sites is 1. The van der Waals surface area contributed by atoms with Crippen LogP contribution in [0, 0.1) is 0 Å². The summed E-state index contributed by atoms with van der Waals surface area (Å²) in [5.74, 6) is 3.50. The van der Waals surface area contributed by atoms with Crippen molar-refractivity contribution in [1.29, 1.82) is 0 Å². The minimum atomic E-state index is -0.0666. The Morgan fingerprint density at radius 3 is 2.64 bits per heavy atom. The highest BCUT2D eigenvalue weighted by molar-refractivity contribution is 7.99. The Morgan fingerprint density at radius 1 is 1.18 bits per heavy atom. The maximum absolute atomic E-state index is 12.4. The van der Waals surface area contributed by atoms with Crippen molar-refractivity contribution < 1.29 is 14.3 Å². The van der Waals surface area contributed by atoms with Crippen molar-refractivity contribution in [3.63, 3.8) is 0 Å². The molecule has 2 aromatic rings. The summed E-state index contributed by atoms with van der Waals surface area (Å²) in [6, 6.07) is 11.4. The molecule has 0 bridgehead atoms. The molecule has 2 aromatic carbocycles. The molecule has 3 rings (SSSR count). The second-order valence-electron chi connectivity index (χ2n) is 6.47. The summed E-state index contributed by atoms with van der Waals surface area (Å²) in [6.07, 6.45) is 0.899. The zero-order chi connectivity index (χ0) is 19.9. The molecule has 0 aromatic heterocycles. The first-order valence-electron chi connectivity index (χ1n) is 9.24. The molecule has 0 radical (unpaired) electrons. The van der Waals surface area contributed by atoms with E-state index in [-0.39, 0.29) is 5.91 Å². The summed E-state index contributed by atoms with van der Waals surface area (Å²) in [4.78, 5) is 14.7. The van der Waals surface area contributed by atoms with Gasteiger partial charge >= 0.3 is 0 Å². The van der Waals surface area contributed by atoms with Gasteiger partial charge in [0.25, 0.3) is 0 Å². The lowest BCUT2D eigenvalue weighted by Gasteiger charge is -2.29. The molecule has 1 saturated heterocycles. The summed E-state index contributed by atoms with van der Waals surface area (Å²) in [5, 5.41) is 3.60. The number of hydrogen-bond donors (Lipinski definition) is 1. The van der Waals surface area contributed by atoms with Crippen molar-refractivity contribution in [2.24, 2.45) is 0 Å². The molecule has 0 spiro atoms. The Bertz CT molecular complexity index is 825. The summed E-state index contributed by atoms with van der Waals surface area (Å²) < 4.78 is 10.7. The van der Waals surface area contributed by atoms with Crippen LogP contribution in [0.1, 0.15) is 12.0 Å². The average molecular weight is 421 g/mol. The largest absolute Gasteiger partial charge is 0.493 e. The molecule has 1 aliphatic rings. The number of amides is 1. The van der Waals surface area contributed by atoms with Gasteiger partial charge < -0.3 is 19.7 Å². The number of halogens is 1. The summed E-state index contributed by atoms with van der Waals surface area (Å²) >= 11 is 8.42. The van der Waals surface area contributed by atoms with Gasteiger partial charge in [0.05, 0.1) is 24.9 Å². The van der Waals surface area contributed by atoms with Crippen LogP contribution in [0.15, 0.2) is 36.4 Å². The number of nitrogens with zero attached hydrogens (tertiary/aromatic N) is 1. The van der Waals surface area contributed by atoms with Crippen LogP contribution in [0.5, 0.6) is 11.5 Å². The number of methoxy groups -OCH3 is 2. The predicted molar refractivity (Wildman–Crippen MR) is 117 cm³/mol. The van der Waals surface area contributed by atoms with E-state index < -0.39 is 0 Å². The van der Waals surface area contributed by atoms with E-state index in [1.165, 1.54) is 0 Å². The molecule has 1 heterocycles. The maximum atomic E-state index is 12.4. The van der Waals surface area contributed by atoms with Crippen LogP contribution in [-0.4, -0.2) is 44.7 Å². The Morgan fingerprint density at radius 2 is 1.96 bits per heavy atom. The van der Waals surface area contributed by atoms with Crippen LogP contribution < -0.4 is 19.7 Å². The van der Waals surface area contributed by atoms with Crippen LogP contribution in [0.4, 0.5) is 11.4 Å². The lowest BCUT2D eigenvalue weighted by atomic mass is 10.1. The van der Waals surface area contributed by atoms with Crippen LogP contribution in [0.2, 0.25) is 5.02 Å². The third-order valence-electron chi connectivity index (χ3n) is 4.69. The van der Waals surface area contributed by atoms with Crippen molar-refractivity contribution in [1.82, 2.24) is 0 Å². The number of nitrogens with one attached hydrogen (secondary N) is 1. The van der Waals surface area contributed by atoms with Gasteiger partial charge in [0.1, 0.15) is 0 Å². The van der Waals surface area contributed by atoms with E-state index in [9.17, 15) is 4.79 Å². The molecule has 0 unspecified atom stereocenters. The molecule has 0 atom stereocenters. The van der Waals surface area contributed by atoms with Gasteiger partial charge in [-0.05, 0) is 36.2 Å². The second kappa shape index (κ2) is 9.94. The van der Waals surface area contributed by atoms with Gasteiger partial charge in [0, 0.05) is 36.7 Å². The van der Waals surface area contributed by atoms with E-state index >= 15 is 0 Å². The fourth-order valence-electron chi connectivity index (χ4n) is 3.27. The molecule has 7 heteroatoms. The number of aryl methyl sites for hydroxylation is 1. The van der Waals surface area contributed by atoms with Crippen molar-refractivity contribution in [2.75, 3.05) is 49.0 Å². The number of rotatable bonds is 7. The molecule has 150 valence electrons. The molecule has 1 aliphatic heterocycles. The van der Waals surface area contributed by atoms with E-state index in [1.807, 2.05) is 48.2 Å². The third kappa shape index (κ3) is 5.06. The molecular formula is C21H25ClN2O3S. The van der Waals surface area contributed by atoms with Crippen LogP contribution in [-0.2, 0) is 11.2 Å². The standard InChI is InChI=1S/C21H25ClN2O3S/c1-26-19-5-3-4-15(21(19)27-2)6-9-20(25)23-16-7-8-18(17(22)14-16)24-10-12-28-13-11-24/h3-5,7-8,14H,6,9-13H2,1-2H3,(H,23,25). The van der Waals surface area contributed by atoms with E-state index in [0.717, 1.165) is 35.8 Å². The van der Waals surface area contributed by atoms with E-state index in [1.54, 1.807) is 14.2 Å². The van der Waals surface area contributed by atoms with Crippen molar-refractivity contribution >= 4 is 40.6 Å². The monoisotopic (exact) mass is 420 g/mol. The molecule has 1 fully saturated rings. The van der Waals surface area contributed by atoms with Gasteiger partial charge in [-0.15, -0.1) is 0 Å². The van der Waals surface area contributed by atoms with Gasteiger partial charge in [-0.2, -0.15) is 11.8 Å². The fourth-order valence-corrected chi connectivity index (χ4v) is 4.47. The van der Waals surface area contributed by atoms with E-state index in [0.29, 0.717) is 35.1 Å². The minimum Gasteiger partial charge on any atom is -0.493 e. The van der Waals surface area contributed by atoms with Gasteiger partial charge in [-0.25, -0.2) is 0 Å². The number of benzene rings is 2. The number of hydrogen-bond acceptors (Lipinski definition) is 5. The molecule has 28 heavy (non-hydrogen) atoms. The predicted octanol–water partition coefficient (Wildman–Crippen LogP) is 4.48. The quantitative estimate of drug-likeness (QED) is 0.715. The minimum absolute atomic E-state index is 0.0666. The second-order valence-corrected chi connectivity index (χ2v) is 8.10. The van der Waals surface area contributed by atoms with Gasteiger partial charge in [-0.1, -0.05) is 23.7 Å². The summed E-state index contributed by atoms with van der Waals surface area (Å²) in [5.41, 5.74) is 2.68. The zero-order valence-electron chi connectivity index (χ0n) is 16.2. The third-order valence-corrected chi connectivity index (χ3v) is 5.93. The van der Waals surface area contributed by atoms with E-state index in [4.69, 9.17) is 21.1 Å². The average Bonchev–Trinajstić information content (AvgIpc) is 2.72. The highest BCUT2D eigenvalue weighted by Gasteiger charge is 2.15. The van der Waals surface area contributed by atoms with Gasteiger partial charge in [0.15, 0.2) is 11.5 Å². The van der Waals surface area contributed by atoms with Crippen molar-refractivity contribution in [3.05, 3.63) is 47.0 Å². The number of carbonyl (C=O) groups is 1. The van der Waals surface area contributed by atoms with Crippen LogP contribution >= 0.6 is 23.4 Å². The first kappa shape index (κ1) is 20.7. The SMILES string of the molecule is COc1cccc(CCC(=O)Nc2ccc(N3CCSCC3)c(Cl)c2)c1OC. The first-order valence-corrected chi connectivity index (χ1v) is 10.8. The van der Waals surface area contributed by atoms with Gasteiger partial charge in [-0.3, -0.25) is 4.79 Å². The molecule has 0 saturated carbocycles. The fraction of sp³-hybridized carbons (Fsp3) is 0.381. The highest BCUT2D eigenvalue weighted by Crippen LogP contribution is 2.32. The Balaban J connectivity index is 1.60. The maximum Gasteiger partial charge on any atom is 0.224 e. The lowest BCUT2D eigenvalue weighted by Crippen LogP contribution is -2.32. The number of thioether (sulfide) groups is 1. The molecule has 5 nitrogen and oxygen atoms in total. The van der Waals surface area contributed by atoms with Crippen molar-refractivity contribution in [3.8, 4) is 11.5 Å². The number of ether oxygens (including phenoxy) is 2. The molecular weight excluding hydrogens is 396 g/mol. The normalized spacial score (nSPS) is 13.9.